The molecule has 1 aliphatic carbocycles. The predicted molar refractivity (Wildman–Crippen MR) is 72.9 cm³/mol. The van der Waals surface area contributed by atoms with Gasteiger partial charge in [-0.2, -0.15) is 0 Å². The minimum Gasteiger partial charge on any atom is -0.490 e. The van der Waals surface area contributed by atoms with Crippen molar-refractivity contribution in [2.24, 2.45) is 0 Å². The lowest BCUT2D eigenvalue weighted by Gasteiger charge is -2.35. The standard InChI is InChI=1S/C13H22N4O/c1-3-17(10-7-5-4-6-8-10)13-11(18-2)12(14)15-9-16-13/h9-10H,3-8H2,1-2H3,(H2,14,15,16). The zero-order valence-electron chi connectivity index (χ0n) is 11.2. The van der Waals surface area contributed by atoms with Crippen LogP contribution in [-0.4, -0.2) is 29.7 Å². The molecule has 1 aliphatic rings. The molecule has 1 aromatic heterocycles. The molecule has 1 fully saturated rings. The minimum atomic E-state index is 0.414. The molecule has 0 atom stereocenters. The summed E-state index contributed by atoms with van der Waals surface area (Å²) in [6.45, 7) is 3.06. The van der Waals surface area contributed by atoms with Crippen LogP contribution in [-0.2, 0) is 0 Å². The summed E-state index contributed by atoms with van der Waals surface area (Å²) >= 11 is 0. The smallest absolute Gasteiger partial charge is 0.204 e. The summed E-state index contributed by atoms with van der Waals surface area (Å²) in [5.41, 5.74) is 5.85. The van der Waals surface area contributed by atoms with Gasteiger partial charge < -0.3 is 15.4 Å². The van der Waals surface area contributed by atoms with Crippen molar-refractivity contribution >= 4 is 11.6 Å². The fraction of sp³-hybridized carbons (Fsp3) is 0.692. The van der Waals surface area contributed by atoms with E-state index >= 15 is 0 Å². The van der Waals surface area contributed by atoms with Crippen LogP contribution in [0.1, 0.15) is 39.0 Å². The van der Waals surface area contributed by atoms with E-state index in [1.54, 1.807) is 7.11 Å². The largest absolute Gasteiger partial charge is 0.490 e. The van der Waals surface area contributed by atoms with Crippen molar-refractivity contribution in [2.45, 2.75) is 45.1 Å². The molecule has 18 heavy (non-hydrogen) atoms. The van der Waals surface area contributed by atoms with E-state index in [-0.39, 0.29) is 0 Å². The third-order valence-corrected chi connectivity index (χ3v) is 3.64. The highest BCUT2D eigenvalue weighted by Gasteiger charge is 2.24. The predicted octanol–water partition coefficient (Wildman–Crippen LogP) is 2.23. The molecule has 0 bridgehead atoms. The fourth-order valence-corrected chi connectivity index (χ4v) is 2.75. The van der Waals surface area contributed by atoms with Crippen LogP contribution < -0.4 is 15.4 Å². The van der Waals surface area contributed by atoms with Crippen molar-refractivity contribution in [1.29, 1.82) is 0 Å². The fourth-order valence-electron chi connectivity index (χ4n) is 2.75. The maximum atomic E-state index is 5.85. The Labute approximate surface area is 108 Å². The van der Waals surface area contributed by atoms with Gasteiger partial charge in [0.1, 0.15) is 6.33 Å². The lowest BCUT2D eigenvalue weighted by molar-refractivity contribution is 0.393. The van der Waals surface area contributed by atoms with E-state index in [1.165, 1.54) is 38.4 Å². The molecule has 0 unspecified atom stereocenters. The number of nitrogen functional groups attached to an aromatic ring is 1. The van der Waals surface area contributed by atoms with Crippen molar-refractivity contribution in [3.8, 4) is 5.75 Å². The van der Waals surface area contributed by atoms with Crippen LogP contribution in [0.4, 0.5) is 11.6 Å². The van der Waals surface area contributed by atoms with Gasteiger partial charge in [0.2, 0.25) is 5.75 Å². The van der Waals surface area contributed by atoms with Gasteiger partial charge in [-0.25, -0.2) is 9.97 Å². The van der Waals surface area contributed by atoms with E-state index in [2.05, 4.69) is 21.8 Å². The van der Waals surface area contributed by atoms with Gasteiger partial charge in [-0.15, -0.1) is 0 Å². The Morgan fingerprint density at radius 1 is 1.33 bits per heavy atom. The summed E-state index contributed by atoms with van der Waals surface area (Å²) in [7, 11) is 1.62. The van der Waals surface area contributed by atoms with Gasteiger partial charge in [0.05, 0.1) is 7.11 Å². The molecule has 2 rings (SSSR count). The molecule has 0 aliphatic heterocycles. The Hall–Kier alpha value is -1.52. The summed E-state index contributed by atoms with van der Waals surface area (Å²) in [5, 5.41) is 0. The van der Waals surface area contributed by atoms with Gasteiger partial charge in [0, 0.05) is 12.6 Å². The maximum Gasteiger partial charge on any atom is 0.204 e. The van der Waals surface area contributed by atoms with Crippen molar-refractivity contribution in [3.05, 3.63) is 6.33 Å². The number of methoxy groups -OCH3 is 1. The quantitative estimate of drug-likeness (QED) is 0.887. The van der Waals surface area contributed by atoms with Crippen LogP contribution in [0.25, 0.3) is 0 Å². The van der Waals surface area contributed by atoms with Crippen LogP contribution in [0.5, 0.6) is 5.75 Å². The Morgan fingerprint density at radius 2 is 2.06 bits per heavy atom. The maximum absolute atomic E-state index is 5.85. The Bertz CT molecular complexity index is 391. The molecule has 5 nitrogen and oxygen atoms in total. The number of hydrogen-bond donors (Lipinski definition) is 1. The second-order valence-corrected chi connectivity index (χ2v) is 4.69. The highest BCUT2D eigenvalue weighted by Crippen LogP contribution is 2.34. The SMILES string of the molecule is CCN(c1ncnc(N)c1OC)C1CCCCC1. The van der Waals surface area contributed by atoms with Crippen LogP contribution >= 0.6 is 0 Å². The molecule has 100 valence electrons. The summed E-state index contributed by atoms with van der Waals surface area (Å²) in [5.74, 6) is 1.85. The van der Waals surface area contributed by atoms with Gasteiger partial charge in [0.15, 0.2) is 11.6 Å². The van der Waals surface area contributed by atoms with E-state index in [0.717, 1.165) is 12.4 Å². The molecule has 1 saturated carbocycles. The third kappa shape index (κ3) is 2.49. The van der Waals surface area contributed by atoms with Crippen LogP contribution in [0, 0.1) is 0 Å². The molecule has 5 heteroatoms. The lowest BCUT2D eigenvalue weighted by atomic mass is 9.94. The molecule has 0 amide bonds. The molecular weight excluding hydrogens is 228 g/mol. The molecule has 1 aromatic rings. The number of hydrogen-bond acceptors (Lipinski definition) is 5. The number of aromatic nitrogens is 2. The van der Waals surface area contributed by atoms with Crippen LogP contribution in [0.3, 0.4) is 0 Å². The van der Waals surface area contributed by atoms with Crippen molar-refractivity contribution < 1.29 is 4.74 Å². The molecule has 1 heterocycles. The number of rotatable bonds is 4. The first-order valence-electron chi connectivity index (χ1n) is 6.69. The summed E-state index contributed by atoms with van der Waals surface area (Å²) in [4.78, 5) is 10.7. The van der Waals surface area contributed by atoms with E-state index in [4.69, 9.17) is 10.5 Å². The van der Waals surface area contributed by atoms with E-state index in [9.17, 15) is 0 Å². The average molecular weight is 250 g/mol. The van der Waals surface area contributed by atoms with Crippen molar-refractivity contribution in [3.63, 3.8) is 0 Å². The number of nitrogens with zero attached hydrogens (tertiary/aromatic N) is 3. The first-order valence-corrected chi connectivity index (χ1v) is 6.69. The first-order chi connectivity index (χ1) is 8.77. The Morgan fingerprint density at radius 3 is 2.67 bits per heavy atom. The highest BCUT2D eigenvalue weighted by molar-refractivity contribution is 5.63. The van der Waals surface area contributed by atoms with Gasteiger partial charge in [-0.3, -0.25) is 0 Å². The summed E-state index contributed by atoms with van der Waals surface area (Å²) in [6.07, 6.45) is 7.89. The molecular formula is C13H22N4O. The zero-order valence-corrected chi connectivity index (χ0v) is 11.2. The van der Waals surface area contributed by atoms with Gasteiger partial charge in [0.25, 0.3) is 0 Å². The highest BCUT2D eigenvalue weighted by atomic mass is 16.5. The third-order valence-electron chi connectivity index (χ3n) is 3.64. The zero-order chi connectivity index (χ0) is 13.0. The van der Waals surface area contributed by atoms with Gasteiger partial charge in [-0.1, -0.05) is 19.3 Å². The van der Waals surface area contributed by atoms with Gasteiger partial charge in [-0.05, 0) is 19.8 Å². The molecule has 0 aromatic carbocycles. The van der Waals surface area contributed by atoms with Crippen LogP contribution in [0.15, 0.2) is 6.33 Å². The normalized spacial score (nSPS) is 16.6. The lowest BCUT2D eigenvalue weighted by Crippen LogP contribution is -2.37. The summed E-state index contributed by atoms with van der Waals surface area (Å²) in [6, 6.07) is 0.548. The van der Waals surface area contributed by atoms with E-state index in [1.807, 2.05) is 0 Å². The van der Waals surface area contributed by atoms with Crippen LogP contribution in [0.2, 0.25) is 0 Å². The second-order valence-electron chi connectivity index (χ2n) is 4.69. The molecule has 0 radical (unpaired) electrons. The average Bonchev–Trinajstić information content (AvgIpc) is 2.41. The van der Waals surface area contributed by atoms with Gasteiger partial charge >= 0.3 is 0 Å². The first kappa shape index (κ1) is 12.9. The monoisotopic (exact) mass is 250 g/mol. The minimum absolute atomic E-state index is 0.414. The van der Waals surface area contributed by atoms with Crippen molar-refractivity contribution in [1.82, 2.24) is 9.97 Å². The Kier molecular flexibility index (Phi) is 4.23. The molecule has 0 saturated heterocycles. The number of ether oxygens (including phenoxy) is 1. The number of anilines is 2. The number of nitrogens with two attached hydrogens (primary N) is 1. The summed E-state index contributed by atoms with van der Waals surface area (Å²) < 4.78 is 5.36. The van der Waals surface area contributed by atoms with E-state index in [0.29, 0.717) is 17.6 Å². The van der Waals surface area contributed by atoms with Crippen molar-refractivity contribution in [2.75, 3.05) is 24.3 Å². The topological polar surface area (TPSA) is 64.3 Å². The Balaban J connectivity index is 2.28. The second kappa shape index (κ2) is 5.89. The van der Waals surface area contributed by atoms with E-state index < -0.39 is 0 Å². The molecule has 2 N–H and O–H groups in total. The molecule has 0 spiro atoms.